The molecule has 1 aliphatic heterocycles. The van der Waals surface area contributed by atoms with Crippen molar-refractivity contribution in [1.82, 2.24) is 19.5 Å². The molecule has 4 rings (SSSR count). The number of hydrogen-bond donors (Lipinski definition) is 1. The molecule has 0 aliphatic carbocycles. The normalized spacial score (nSPS) is 14.4. The third-order valence-corrected chi connectivity index (χ3v) is 4.98. The Labute approximate surface area is 158 Å². The quantitative estimate of drug-likeness (QED) is 0.671. The van der Waals surface area contributed by atoms with Gasteiger partial charge in [-0.2, -0.15) is 4.98 Å². The fraction of sp³-hybridized carbons (Fsp3) is 0.250. The van der Waals surface area contributed by atoms with Crippen LogP contribution in [0.25, 0.3) is 16.7 Å². The van der Waals surface area contributed by atoms with Crippen molar-refractivity contribution in [3.63, 3.8) is 0 Å². The van der Waals surface area contributed by atoms with E-state index in [1.807, 2.05) is 4.90 Å². The van der Waals surface area contributed by atoms with Crippen molar-refractivity contribution in [3.05, 3.63) is 49.6 Å². The number of aromatic amines is 1. The molecule has 2 aromatic heterocycles. The molecule has 0 radical (unpaired) electrons. The number of nitrogens with zero attached hydrogens (tertiary/aromatic N) is 4. The fourth-order valence-electron chi connectivity index (χ4n) is 2.96. The number of anilines is 1. The van der Waals surface area contributed by atoms with E-state index >= 15 is 0 Å². The molecular formula is C16H13Cl2N5OS. The molecule has 128 valence electrons. The summed E-state index contributed by atoms with van der Waals surface area (Å²) in [5.74, 6) is 0.542. The summed E-state index contributed by atoms with van der Waals surface area (Å²) >= 11 is 17.6. The minimum Gasteiger partial charge on any atom is -0.342 e. The van der Waals surface area contributed by atoms with Gasteiger partial charge in [0.25, 0.3) is 5.56 Å². The second kappa shape index (κ2) is 6.40. The van der Waals surface area contributed by atoms with Gasteiger partial charge in [-0.15, -0.1) is 0 Å². The van der Waals surface area contributed by atoms with Crippen molar-refractivity contribution in [1.29, 1.82) is 0 Å². The van der Waals surface area contributed by atoms with Gasteiger partial charge in [-0.25, -0.2) is 4.98 Å². The van der Waals surface area contributed by atoms with Gasteiger partial charge in [-0.1, -0.05) is 35.4 Å². The van der Waals surface area contributed by atoms with Crippen molar-refractivity contribution in [2.45, 2.75) is 12.8 Å². The van der Waals surface area contributed by atoms with E-state index in [4.69, 9.17) is 35.4 Å². The highest BCUT2D eigenvalue weighted by Gasteiger charge is 2.17. The number of nitrogens with one attached hydrogen (secondary N) is 1. The Bertz CT molecular complexity index is 1070. The Morgan fingerprint density at radius 3 is 2.48 bits per heavy atom. The van der Waals surface area contributed by atoms with E-state index in [9.17, 15) is 4.79 Å². The molecule has 0 amide bonds. The third kappa shape index (κ3) is 3.03. The highest BCUT2D eigenvalue weighted by molar-refractivity contribution is 7.71. The average Bonchev–Trinajstić information content (AvgIpc) is 3.08. The Morgan fingerprint density at radius 1 is 1.12 bits per heavy atom. The Kier molecular flexibility index (Phi) is 4.23. The van der Waals surface area contributed by atoms with Crippen LogP contribution in [-0.2, 0) is 0 Å². The molecule has 0 atom stereocenters. The van der Waals surface area contributed by atoms with Crippen LogP contribution in [0.4, 0.5) is 5.95 Å². The van der Waals surface area contributed by atoms with Crippen LogP contribution < -0.4 is 10.5 Å². The third-order valence-electron chi connectivity index (χ3n) is 4.15. The smallest absolute Gasteiger partial charge is 0.264 e. The van der Waals surface area contributed by atoms with Gasteiger partial charge in [-0.05, 0) is 31.0 Å². The number of fused-ring (bicyclic) bond motifs is 1. The zero-order valence-corrected chi connectivity index (χ0v) is 15.3. The summed E-state index contributed by atoms with van der Waals surface area (Å²) in [6.07, 6.45) is 3.71. The van der Waals surface area contributed by atoms with Gasteiger partial charge in [0, 0.05) is 23.1 Å². The lowest BCUT2D eigenvalue weighted by atomic mass is 10.3. The summed E-state index contributed by atoms with van der Waals surface area (Å²) in [5.41, 5.74) is 0.673. The highest BCUT2D eigenvalue weighted by atomic mass is 35.5. The number of hydrogen-bond acceptors (Lipinski definition) is 5. The first-order chi connectivity index (χ1) is 12.0. The average molecular weight is 394 g/mol. The fourth-order valence-corrected chi connectivity index (χ4v) is 3.81. The zero-order valence-electron chi connectivity index (χ0n) is 13.0. The molecule has 3 heterocycles. The largest absolute Gasteiger partial charge is 0.342 e. The molecule has 1 aromatic carbocycles. The Hall–Kier alpha value is -1.96. The topological polar surface area (TPSA) is 66.8 Å². The summed E-state index contributed by atoms with van der Waals surface area (Å²) in [5, 5.41) is 1.22. The minimum atomic E-state index is -0.299. The lowest BCUT2D eigenvalue weighted by molar-refractivity contribution is 0.890. The van der Waals surface area contributed by atoms with Gasteiger partial charge in [0.05, 0.1) is 5.69 Å². The minimum absolute atomic E-state index is 0.275. The lowest BCUT2D eigenvalue weighted by Crippen LogP contribution is -2.24. The SMILES string of the molecule is O=c1[nH]c(N2CCCC2)nc2ncn(-c3cc(Cl)cc(Cl)c3)c(=S)c12. The number of aromatic nitrogens is 4. The highest BCUT2D eigenvalue weighted by Crippen LogP contribution is 2.23. The summed E-state index contributed by atoms with van der Waals surface area (Å²) in [7, 11) is 0. The predicted octanol–water partition coefficient (Wildman–Crippen LogP) is 3.75. The monoisotopic (exact) mass is 393 g/mol. The van der Waals surface area contributed by atoms with Crippen LogP contribution in [0, 0.1) is 4.64 Å². The van der Waals surface area contributed by atoms with E-state index in [0.29, 0.717) is 32.0 Å². The first-order valence-electron chi connectivity index (χ1n) is 7.76. The summed E-state index contributed by atoms with van der Waals surface area (Å²) < 4.78 is 1.91. The molecule has 1 saturated heterocycles. The van der Waals surface area contributed by atoms with Crippen LogP contribution in [0.15, 0.2) is 29.3 Å². The van der Waals surface area contributed by atoms with Gasteiger partial charge in [-0.3, -0.25) is 14.3 Å². The molecule has 1 aliphatic rings. The maximum Gasteiger partial charge on any atom is 0.264 e. The van der Waals surface area contributed by atoms with Crippen LogP contribution in [0.3, 0.4) is 0 Å². The van der Waals surface area contributed by atoms with Crippen LogP contribution in [-0.4, -0.2) is 32.6 Å². The van der Waals surface area contributed by atoms with Crippen molar-refractivity contribution in [3.8, 4) is 5.69 Å². The van der Waals surface area contributed by atoms with Crippen LogP contribution in [0.2, 0.25) is 10.0 Å². The number of halogens is 2. The van der Waals surface area contributed by atoms with E-state index in [1.165, 1.54) is 6.33 Å². The Morgan fingerprint density at radius 2 is 1.80 bits per heavy atom. The molecule has 0 bridgehead atoms. The molecule has 25 heavy (non-hydrogen) atoms. The summed E-state index contributed by atoms with van der Waals surface area (Å²) in [6, 6.07) is 5.04. The number of benzene rings is 1. The molecule has 3 aromatic rings. The zero-order chi connectivity index (χ0) is 17.6. The van der Waals surface area contributed by atoms with E-state index in [2.05, 4.69) is 15.0 Å². The second-order valence-electron chi connectivity index (χ2n) is 5.83. The molecule has 6 nitrogen and oxygen atoms in total. The molecule has 9 heteroatoms. The maximum absolute atomic E-state index is 12.6. The van der Waals surface area contributed by atoms with E-state index < -0.39 is 0 Å². The van der Waals surface area contributed by atoms with Crippen LogP contribution >= 0.6 is 35.4 Å². The molecule has 1 N–H and O–H groups in total. The van der Waals surface area contributed by atoms with Crippen molar-refractivity contribution in [2.75, 3.05) is 18.0 Å². The van der Waals surface area contributed by atoms with Crippen molar-refractivity contribution in [2.24, 2.45) is 0 Å². The standard InChI is InChI=1S/C16H13Cl2N5OS/c17-9-5-10(18)7-11(6-9)23-8-19-13-12(15(23)25)14(24)21-16(20-13)22-3-1-2-4-22/h5-8H,1-4H2,(H,20,21,24). The van der Waals surface area contributed by atoms with Gasteiger partial charge in [0.2, 0.25) is 5.95 Å². The van der Waals surface area contributed by atoms with E-state index in [-0.39, 0.29) is 10.9 Å². The molecular weight excluding hydrogens is 381 g/mol. The second-order valence-corrected chi connectivity index (χ2v) is 7.09. The van der Waals surface area contributed by atoms with Crippen LogP contribution in [0.5, 0.6) is 0 Å². The first-order valence-corrected chi connectivity index (χ1v) is 8.92. The molecule has 0 saturated carbocycles. The van der Waals surface area contributed by atoms with Gasteiger partial charge in [0.15, 0.2) is 5.65 Å². The number of H-pyrrole nitrogens is 1. The molecule has 1 fully saturated rings. The predicted molar refractivity (Wildman–Crippen MR) is 102 cm³/mol. The Balaban J connectivity index is 1.91. The first kappa shape index (κ1) is 16.5. The molecule has 0 unspecified atom stereocenters. The van der Waals surface area contributed by atoms with Gasteiger partial charge < -0.3 is 4.90 Å². The van der Waals surface area contributed by atoms with Gasteiger partial charge in [0.1, 0.15) is 16.4 Å². The van der Waals surface area contributed by atoms with Crippen molar-refractivity contribution < 1.29 is 0 Å². The number of rotatable bonds is 2. The molecule has 0 spiro atoms. The van der Waals surface area contributed by atoms with Crippen LogP contribution in [0.1, 0.15) is 12.8 Å². The summed E-state index contributed by atoms with van der Waals surface area (Å²) in [6.45, 7) is 1.76. The maximum atomic E-state index is 12.6. The summed E-state index contributed by atoms with van der Waals surface area (Å²) in [4.78, 5) is 26.3. The van der Waals surface area contributed by atoms with E-state index in [0.717, 1.165) is 25.9 Å². The van der Waals surface area contributed by atoms with E-state index in [1.54, 1.807) is 22.8 Å². The lowest BCUT2D eigenvalue weighted by Gasteiger charge is -2.16. The van der Waals surface area contributed by atoms with Crippen molar-refractivity contribution >= 4 is 52.4 Å². The van der Waals surface area contributed by atoms with Gasteiger partial charge >= 0.3 is 0 Å².